The summed E-state index contributed by atoms with van der Waals surface area (Å²) in [6.45, 7) is 0. The Bertz CT molecular complexity index is 791. The fourth-order valence-corrected chi connectivity index (χ4v) is 2.33. The number of rotatable bonds is 2. The third-order valence-electron chi connectivity index (χ3n) is 3.42. The van der Waals surface area contributed by atoms with Crippen LogP contribution in [-0.4, -0.2) is 11.7 Å². The maximum atomic E-state index is 7.49. The summed E-state index contributed by atoms with van der Waals surface area (Å²) in [5.41, 5.74) is 12.5. The molecule has 0 radical (unpaired) electrons. The third-order valence-corrected chi connectivity index (χ3v) is 3.42. The Balaban J connectivity index is 2.27. The molecule has 0 saturated heterocycles. The Morgan fingerprint density at radius 2 is 1.00 bits per heavy atom. The van der Waals surface area contributed by atoms with Gasteiger partial charge in [-0.2, -0.15) is 0 Å². The van der Waals surface area contributed by atoms with E-state index < -0.39 is 0 Å². The van der Waals surface area contributed by atoms with Crippen molar-refractivity contribution in [1.29, 1.82) is 10.8 Å². The maximum Gasteiger partial charge on any atom is 0.122 e. The van der Waals surface area contributed by atoms with Crippen molar-refractivity contribution in [3.63, 3.8) is 0 Å². The summed E-state index contributed by atoms with van der Waals surface area (Å²) in [5.74, 6) is 0.137. The summed E-state index contributed by atoms with van der Waals surface area (Å²) in [5, 5.41) is 19.2. The highest BCUT2D eigenvalue weighted by molar-refractivity contribution is 6.05. The van der Waals surface area contributed by atoms with E-state index in [1.165, 1.54) is 0 Å². The highest BCUT2D eigenvalue weighted by atomic mass is 14.7. The van der Waals surface area contributed by atoms with E-state index >= 15 is 0 Å². The van der Waals surface area contributed by atoms with Crippen molar-refractivity contribution < 1.29 is 0 Å². The molecule has 3 aromatic carbocycles. The first-order valence-electron chi connectivity index (χ1n) is 6.21. The van der Waals surface area contributed by atoms with Crippen LogP contribution < -0.4 is 11.5 Å². The van der Waals surface area contributed by atoms with Gasteiger partial charge >= 0.3 is 0 Å². The zero-order valence-electron chi connectivity index (χ0n) is 10.8. The lowest BCUT2D eigenvalue weighted by Gasteiger charge is -2.06. The lowest BCUT2D eigenvalue weighted by molar-refractivity contribution is 1.43. The minimum atomic E-state index is 0.0684. The van der Waals surface area contributed by atoms with Crippen molar-refractivity contribution in [3.8, 4) is 0 Å². The molecule has 0 amide bonds. The molecular formula is C16H14N4. The number of fused-ring (bicyclic) bond motifs is 2. The van der Waals surface area contributed by atoms with Gasteiger partial charge in [-0.15, -0.1) is 0 Å². The van der Waals surface area contributed by atoms with Crippen molar-refractivity contribution >= 4 is 33.2 Å². The van der Waals surface area contributed by atoms with Crippen molar-refractivity contribution in [1.82, 2.24) is 0 Å². The molecule has 0 aromatic heterocycles. The first-order chi connectivity index (χ1) is 9.54. The van der Waals surface area contributed by atoms with Crippen LogP contribution in [0, 0.1) is 10.8 Å². The second-order valence-electron chi connectivity index (χ2n) is 4.80. The summed E-state index contributed by atoms with van der Waals surface area (Å²) in [6.07, 6.45) is 0. The van der Waals surface area contributed by atoms with Crippen LogP contribution in [0.2, 0.25) is 0 Å². The van der Waals surface area contributed by atoms with Crippen LogP contribution in [0.25, 0.3) is 21.5 Å². The average Bonchev–Trinajstić information content (AvgIpc) is 2.43. The minimum Gasteiger partial charge on any atom is -0.384 e. The summed E-state index contributed by atoms with van der Waals surface area (Å²) in [4.78, 5) is 0. The predicted octanol–water partition coefficient (Wildman–Crippen LogP) is 2.56. The average molecular weight is 262 g/mol. The normalized spacial score (nSPS) is 10.8. The topological polar surface area (TPSA) is 99.7 Å². The number of hydrogen-bond donors (Lipinski definition) is 4. The van der Waals surface area contributed by atoms with Crippen molar-refractivity contribution in [2.45, 2.75) is 0 Å². The largest absolute Gasteiger partial charge is 0.384 e. The van der Waals surface area contributed by atoms with Gasteiger partial charge in [-0.05, 0) is 45.8 Å². The molecule has 6 N–H and O–H groups in total. The van der Waals surface area contributed by atoms with Gasteiger partial charge in [0, 0.05) is 11.1 Å². The van der Waals surface area contributed by atoms with Gasteiger partial charge < -0.3 is 11.5 Å². The maximum absolute atomic E-state index is 7.49. The van der Waals surface area contributed by atoms with E-state index in [4.69, 9.17) is 22.3 Å². The monoisotopic (exact) mass is 262 g/mol. The highest BCUT2D eigenvalue weighted by Gasteiger charge is 2.03. The van der Waals surface area contributed by atoms with Crippen LogP contribution >= 0.6 is 0 Å². The Labute approximate surface area is 116 Å². The molecule has 0 heterocycles. The summed E-state index contributed by atoms with van der Waals surface area (Å²) >= 11 is 0. The van der Waals surface area contributed by atoms with Crippen LogP contribution in [0.4, 0.5) is 0 Å². The molecule has 0 aliphatic rings. The molecule has 0 unspecified atom stereocenters. The number of nitrogens with two attached hydrogens (primary N) is 2. The molecule has 3 rings (SSSR count). The molecule has 0 bridgehead atoms. The molecule has 0 atom stereocenters. The molecular weight excluding hydrogens is 248 g/mol. The van der Waals surface area contributed by atoms with Crippen molar-refractivity contribution in [2.24, 2.45) is 11.5 Å². The van der Waals surface area contributed by atoms with Gasteiger partial charge in [0.25, 0.3) is 0 Å². The second kappa shape index (κ2) is 4.35. The van der Waals surface area contributed by atoms with E-state index in [0.717, 1.165) is 32.7 Å². The quantitative estimate of drug-likeness (QED) is 0.324. The Hall–Kier alpha value is -2.88. The van der Waals surface area contributed by atoms with Gasteiger partial charge in [0.05, 0.1) is 0 Å². The van der Waals surface area contributed by atoms with Crippen LogP contribution in [0.1, 0.15) is 11.1 Å². The SMILES string of the molecule is N=C(N)c1ccc2cc3cc(C(=N)N)ccc3cc2c1. The van der Waals surface area contributed by atoms with Crippen LogP contribution in [0.3, 0.4) is 0 Å². The molecule has 0 fully saturated rings. The zero-order valence-corrected chi connectivity index (χ0v) is 10.8. The Morgan fingerprint density at radius 1 is 0.600 bits per heavy atom. The van der Waals surface area contributed by atoms with E-state index in [0.29, 0.717) is 0 Å². The number of hydrogen-bond acceptors (Lipinski definition) is 2. The van der Waals surface area contributed by atoms with E-state index in [-0.39, 0.29) is 11.7 Å². The molecule has 20 heavy (non-hydrogen) atoms. The first-order valence-corrected chi connectivity index (χ1v) is 6.21. The van der Waals surface area contributed by atoms with Gasteiger partial charge in [-0.25, -0.2) is 0 Å². The zero-order chi connectivity index (χ0) is 14.3. The Morgan fingerprint density at radius 3 is 1.35 bits per heavy atom. The van der Waals surface area contributed by atoms with Crippen LogP contribution in [-0.2, 0) is 0 Å². The fourth-order valence-electron chi connectivity index (χ4n) is 2.33. The molecule has 4 heteroatoms. The van der Waals surface area contributed by atoms with Crippen LogP contribution in [0.5, 0.6) is 0 Å². The number of nitrogens with one attached hydrogen (secondary N) is 2. The predicted molar refractivity (Wildman–Crippen MR) is 83.5 cm³/mol. The summed E-state index contributed by atoms with van der Waals surface area (Å²) in [6, 6.07) is 15.5. The smallest absolute Gasteiger partial charge is 0.122 e. The van der Waals surface area contributed by atoms with Gasteiger partial charge in [-0.3, -0.25) is 10.8 Å². The second-order valence-corrected chi connectivity index (χ2v) is 4.80. The molecule has 4 nitrogen and oxygen atoms in total. The number of amidine groups is 2. The van der Waals surface area contributed by atoms with E-state index in [1.54, 1.807) is 0 Å². The van der Waals surface area contributed by atoms with E-state index in [2.05, 4.69) is 12.1 Å². The lowest BCUT2D eigenvalue weighted by Crippen LogP contribution is -2.10. The van der Waals surface area contributed by atoms with E-state index in [1.807, 2.05) is 36.4 Å². The van der Waals surface area contributed by atoms with Gasteiger partial charge in [-0.1, -0.05) is 24.3 Å². The standard InChI is InChI=1S/C16H14N4/c17-15(18)11-3-1-9-5-14-8-12(16(19)20)4-2-10(14)6-13(9)7-11/h1-8H,(H3,17,18)(H3,19,20). The highest BCUT2D eigenvalue weighted by Crippen LogP contribution is 2.24. The molecule has 0 spiro atoms. The van der Waals surface area contributed by atoms with E-state index in [9.17, 15) is 0 Å². The fraction of sp³-hybridized carbons (Fsp3) is 0. The molecule has 0 aliphatic carbocycles. The first kappa shape index (κ1) is 12.2. The summed E-state index contributed by atoms with van der Waals surface area (Å²) in [7, 11) is 0. The number of benzene rings is 3. The molecule has 98 valence electrons. The minimum absolute atomic E-state index is 0.0684. The van der Waals surface area contributed by atoms with Gasteiger partial charge in [0.15, 0.2) is 0 Å². The third kappa shape index (κ3) is 1.97. The Kier molecular flexibility index (Phi) is 2.64. The molecule has 0 aliphatic heterocycles. The van der Waals surface area contributed by atoms with Crippen molar-refractivity contribution in [2.75, 3.05) is 0 Å². The molecule has 3 aromatic rings. The number of nitrogen functional groups attached to an aromatic ring is 2. The molecule has 0 saturated carbocycles. The van der Waals surface area contributed by atoms with Gasteiger partial charge in [0.2, 0.25) is 0 Å². The summed E-state index contributed by atoms with van der Waals surface area (Å²) < 4.78 is 0. The van der Waals surface area contributed by atoms with Crippen molar-refractivity contribution in [3.05, 3.63) is 59.7 Å². The van der Waals surface area contributed by atoms with Crippen LogP contribution in [0.15, 0.2) is 48.5 Å². The lowest BCUT2D eigenvalue weighted by atomic mass is 10.00. The van der Waals surface area contributed by atoms with Gasteiger partial charge in [0.1, 0.15) is 11.7 Å².